The number of halogens is 1. The van der Waals surface area contributed by atoms with Crippen molar-refractivity contribution in [3.8, 4) is 0 Å². The maximum absolute atomic E-state index is 5.94. The fraction of sp³-hybridized carbons (Fsp3) is 0.333. The lowest BCUT2D eigenvalue weighted by molar-refractivity contribution is 0.544. The minimum Gasteiger partial charge on any atom is -0.275 e. The van der Waals surface area contributed by atoms with Crippen molar-refractivity contribution in [2.45, 2.75) is 26.3 Å². The van der Waals surface area contributed by atoms with Gasteiger partial charge in [-0.05, 0) is 44.5 Å². The minimum atomic E-state index is -0.0923. The summed E-state index contributed by atoms with van der Waals surface area (Å²) >= 11 is 5.94. The normalized spacial score (nSPS) is 18.1. The SMILES string of the molecule is CC1=CC(C)(C)[N]c2ccc(Cl)cc21. The molecule has 0 spiro atoms. The summed E-state index contributed by atoms with van der Waals surface area (Å²) in [6.45, 7) is 6.31. The van der Waals surface area contributed by atoms with Gasteiger partial charge in [-0.3, -0.25) is 5.32 Å². The Morgan fingerprint density at radius 1 is 1.29 bits per heavy atom. The first kappa shape index (κ1) is 9.60. The Balaban J connectivity index is 2.56. The average Bonchev–Trinajstić information content (AvgIpc) is 2.05. The van der Waals surface area contributed by atoms with Crippen LogP contribution in [0.4, 0.5) is 5.69 Å². The van der Waals surface area contributed by atoms with Gasteiger partial charge in [0.05, 0.1) is 11.2 Å². The topological polar surface area (TPSA) is 14.1 Å². The zero-order chi connectivity index (χ0) is 10.3. The summed E-state index contributed by atoms with van der Waals surface area (Å²) in [6, 6.07) is 5.84. The van der Waals surface area contributed by atoms with E-state index in [0.29, 0.717) is 0 Å². The molecule has 1 heterocycles. The summed E-state index contributed by atoms with van der Waals surface area (Å²) in [5, 5.41) is 5.40. The van der Waals surface area contributed by atoms with Gasteiger partial charge < -0.3 is 0 Å². The van der Waals surface area contributed by atoms with E-state index in [0.717, 1.165) is 16.3 Å². The Bertz CT molecular complexity index is 405. The van der Waals surface area contributed by atoms with Crippen LogP contribution in [0.25, 0.3) is 5.57 Å². The van der Waals surface area contributed by atoms with E-state index >= 15 is 0 Å². The van der Waals surface area contributed by atoms with Gasteiger partial charge in [0.25, 0.3) is 0 Å². The van der Waals surface area contributed by atoms with Gasteiger partial charge in [-0.1, -0.05) is 17.7 Å². The van der Waals surface area contributed by atoms with Crippen molar-refractivity contribution in [2.24, 2.45) is 0 Å². The molecule has 2 rings (SSSR count). The number of hydrogen-bond donors (Lipinski definition) is 0. The Kier molecular flexibility index (Phi) is 2.07. The summed E-state index contributed by atoms with van der Waals surface area (Å²) in [4.78, 5) is 0. The molecule has 0 atom stereocenters. The highest BCUT2D eigenvalue weighted by Crippen LogP contribution is 2.35. The molecule has 0 bridgehead atoms. The van der Waals surface area contributed by atoms with Crippen LogP contribution in [0.15, 0.2) is 24.3 Å². The highest BCUT2D eigenvalue weighted by atomic mass is 35.5. The first-order chi connectivity index (χ1) is 6.48. The first-order valence-corrected chi connectivity index (χ1v) is 5.08. The monoisotopic (exact) mass is 206 g/mol. The zero-order valence-electron chi connectivity index (χ0n) is 8.63. The quantitative estimate of drug-likeness (QED) is 0.614. The molecule has 0 amide bonds. The third kappa shape index (κ3) is 1.64. The Hall–Kier alpha value is -0.950. The molecule has 0 fully saturated rings. The van der Waals surface area contributed by atoms with E-state index < -0.39 is 0 Å². The van der Waals surface area contributed by atoms with Crippen LogP contribution in [0.2, 0.25) is 5.02 Å². The van der Waals surface area contributed by atoms with E-state index in [1.165, 1.54) is 5.57 Å². The molecule has 0 N–H and O–H groups in total. The van der Waals surface area contributed by atoms with Crippen LogP contribution in [0.5, 0.6) is 0 Å². The molecular weight excluding hydrogens is 194 g/mol. The van der Waals surface area contributed by atoms with E-state index in [4.69, 9.17) is 11.6 Å². The Morgan fingerprint density at radius 3 is 2.71 bits per heavy atom. The number of fused-ring (bicyclic) bond motifs is 1. The van der Waals surface area contributed by atoms with Crippen molar-refractivity contribution in [2.75, 3.05) is 0 Å². The summed E-state index contributed by atoms with van der Waals surface area (Å²) in [6.07, 6.45) is 2.17. The van der Waals surface area contributed by atoms with Crippen molar-refractivity contribution in [1.82, 2.24) is 5.32 Å². The molecule has 0 saturated carbocycles. The molecule has 1 aromatic carbocycles. The zero-order valence-corrected chi connectivity index (χ0v) is 9.39. The predicted molar refractivity (Wildman–Crippen MR) is 61.0 cm³/mol. The van der Waals surface area contributed by atoms with Crippen LogP contribution in [-0.2, 0) is 0 Å². The van der Waals surface area contributed by atoms with Crippen molar-refractivity contribution in [3.05, 3.63) is 34.9 Å². The lowest BCUT2D eigenvalue weighted by Gasteiger charge is -2.28. The van der Waals surface area contributed by atoms with Gasteiger partial charge in [-0.2, -0.15) is 0 Å². The van der Waals surface area contributed by atoms with E-state index in [1.54, 1.807) is 0 Å². The van der Waals surface area contributed by atoms with Gasteiger partial charge in [-0.15, -0.1) is 0 Å². The number of nitrogens with zero attached hydrogens (tertiary/aromatic N) is 1. The molecule has 1 aliphatic rings. The molecule has 1 aliphatic heterocycles. The van der Waals surface area contributed by atoms with Crippen LogP contribution < -0.4 is 5.32 Å². The highest BCUT2D eigenvalue weighted by molar-refractivity contribution is 6.30. The molecular formula is C12H13ClN. The minimum absolute atomic E-state index is 0.0923. The summed E-state index contributed by atoms with van der Waals surface area (Å²) in [7, 11) is 0. The lowest BCUT2D eigenvalue weighted by atomic mass is 9.91. The predicted octanol–water partition coefficient (Wildman–Crippen LogP) is 3.77. The fourth-order valence-corrected chi connectivity index (χ4v) is 2.04. The van der Waals surface area contributed by atoms with Gasteiger partial charge in [0.1, 0.15) is 0 Å². The third-order valence-corrected chi connectivity index (χ3v) is 2.60. The van der Waals surface area contributed by atoms with Gasteiger partial charge >= 0.3 is 0 Å². The van der Waals surface area contributed by atoms with Crippen molar-refractivity contribution in [1.29, 1.82) is 0 Å². The first-order valence-electron chi connectivity index (χ1n) is 4.70. The Morgan fingerprint density at radius 2 is 2.00 bits per heavy atom. The number of benzene rings is 1. The van der Waals surface area contributed by atoms with Crippen molar-refractivity contribution in [3.63, 3.8) is 0 Å². The van der Waals surface area contributed by atoms with Crippen molar-refractivity contribution >= 4 is 22.9 Å². The van der Waals surface area contributed by atoms with Gasteiger partial charge in [0.15, 0.2) is 0 Å². The van der Waals surface area contributed by atoms with Crippen LogP contribution in [0, 0.1) is 0 Å². The fourth-order valence-electron chi connectivity index (χ4n) is 1.87. The number of allylic oxidation sites excluding steroid dienone is 1. The molecule has 0 saturated heterocycles. The standard InChI is InChI=1S/C12H13ClN/c1-8-7-12(2,3)14-11-5-4-9(13)6-10(8)11/h4-7H,1-3H3. The Labute approximate surface area is 89.8 Å². The molecule has 2 heteroatoms. The molecule has 0 unspecified atom stereocenters. The van der Waals surface area contributed by atoms with E-state index in [1.807, 2.05) is 18.2 Å². The second-order valence-electron chi connectivity index (χ2n) is 4.25. The molecule has 1 radical (unpaired) electrons. The van der Waals surface area contributed by atoms with Crippen LogP contribution >= 0.6 is 11.6 Å². The molecule has 0 aromatic heterocycles. The third-order valence-electron chi connectivity index (χ3n) is 2.36. The largest absolute Gasteiger partial charge is 0.275 e. The second-order valence-corrected chi connectivity index (χ2v) is 4.69. The van der Waals surface area contributed by atoms with Crippen LogP contribution in [0.1, 0.15) is 26.3 Å². The lowest BCUT2D eigenvalue weighted by Crippen LogP contribution is -2.30. The molecule has 14 heavy (non-hydrogen) atoms. The molecule has 1 aromatic rings. The second kappa shape index (κ2) is 3.03. The van der Waals surface area contributed by atoms with E-state index in [9.17, 15) is 0 Å². The van der Waals surface area contributed by atoms with Crippen LogP contribution in [-0.4, -0.2) is 5.54 Å². The summed E-state index contributed by atoms with van der Waals surface area (Å²) < 4.78 is 0. The summed E-state index contributed by atoms with van der Waals surface area (Å²) in [5.41, 5.74) is 3.35. The molecule has 73 valence electrons. The average molecular weight is 207 g/mol. The van der Waals surface area contributed by atoms with Crippen LogP contribution in [0.3, 0.4) is 0 Å². The molecule has 0 aliphatic carbocycles. The highest BCUT2D eigenvalue weighted by Gasteiger charge is 2.24. The maximum atomic E-state index is 5.94. The number of rotatable bonds is 0. The summed E-state index contributed by atoms with van der Waals surface area (Å²) in [5.74, 6) is 0. The van der Waals surface area contributed by atoms with Gasteiger partial charge in [0, 0.05) is 10.6 Å². The maximum Gasteiger partial charge on any atom is 0.0744 e. The van der Waals surface area contributed by atoms with Gasteiger partial charge in [0.2, 0.25) is 0 Å². The smallest absolute Gasteiger partial charge is 0.0744 e. The van der Waals surface area contributed by atoms with Gasteiger partial charge in [-0.25, -0.2) is 0 Å². The van der Waals surface area contributed by atoms with E-state index in [2.05, 4.69) is 32.2 Å². The molecule has 1 nitrogen and oxygen atoms in total. The number of hydrogen-bond acceptors (Lipinski definition) is 0. The van der Waals surface area contributed by atoms with E-state index in [-0.39, 0.29) is 5.54 Å². The van der Waals surface area contributed by atoms with Crippen molar-refractivity contribution < 1.29 is 0 Å².